The molecule has 20 heavy (non-hydrogen) atoms. The average molecular weight is 268 g/mol. The van der Waals surface area contributed by atoms with Gasteiger partial charge in [0.25, 0.3) is 5.91 Å². The molecular weight excluding hydrogens is 252 g/mol. The number of benzene rings is 2. The van der Waals surface area contributed by atoms with Crippen LogP contribution in [-0.2, 0) is 4.79 Å². The Morgan fingerprint density at radius 1 is 0.900 bits per heavy atom. The zero-order chi connectivity index (χ0) is 14.4. The predicted octanol–water partition coefficient (Wildman–Crippen LogP) is 2.44. The van der Waals surface area contributed by atoms with Crippen molar-refractivity contribution in [3.8, 4) is 0 Å². The van der Waals surface area contributed by atoms with E-state index in [1.807, 2.05) is 24.3 Å². The molecule has 2 aromatic rings. The molecule has 0 aliphatic rings. The van der Waals surface area contributed by atoms with Crippen LogP contribution in [-0.4, -0.2) is 17.9 Å². The van der Waals surface area contributed by atoms with Crippen molar-refractivity contribution in [2.45, 2.75) is 13.0 Å². The lowest BCUT2D eigenvalue weighted by molar-refractivity contribution is -0.117. The lowest BCUT2D eigenvalue weighted by Gasteiger charge is -2.14. The van der Waals surface area contributed by atoms with E-state index in [1.165, 1.54) is 0 Å². The van der Waals surface area contributed by atoms with Crippen molar-refractivity contribution in [3.63, 3.8) is 0 Å². The zero-order valence-electron chi connectivity index (χ0n) is 11.2. The first-order valence-electron chi connectivity index (χ1n) is 6.38. The lowest BCUT2D eigenvalue weighted by atomic mass is 10.2. The Hall–Kier alpha value is -2.62. The number of para-hydroxylation sites is 1. The normalized spacial score (nSPS) is 11.4. The molecule has 0 unspecified atom stereocenters. The minimum Gasteiger partial charge on any atom is -0.341 e. The molecule has 0 fully saturated rings. The molecule has 1 atom stereocenters. The van der Waals surface area contributed by atoms with Gasteiger partial charge >= 0.3 is 0 Å². The molecule has 0 aliphatic carbocycles. The Kier molecular flexibility index (Phi) is 4.50. The summed E-state index contributed by atoms with van der Waals surface area (Å²) in [6, 6.07) is 17.3. The number of carbonyl (C=O) groups excluding carboxylic acids is 2. The van der Waals surface area contributed by atoms with E-state index in [1.54, 1.807) is 43.3 Å². The second kappa shape index (κ2) is 6.52. The van der Waals surface area contributed by atoms with Crippen LogP contribution < -0.4 is 10.6 Å². The standard InChI is InChI=1S/C16H16N2O2/c1-12(15(19)18-14-10-6-3-7-11-14)17-16(20)13-8-4-2-5-9-13/h2-12H,1H3,(H,17,20)(H,18,19)/t12-/m1/s1. The van der Waals surface area contributed by atoms with Gasteiger partial charge in [0.15, 0.2) is 0 Å². The van der Waals surface area contributed by atoms with Gasteiger partial charge in [0.2, 0.25) is 5.91 Å². The van der Waals surface area contributed by atoms with E-state index >= 15 is 0 Å². The van der Waals surface area contributed by atoms with Crippen LogP contribution in [0, 0.1) is 0 Å². The van der Waals surface area contributed by atoms with Gasteiger partial charge in [0.05, 0.1) is 0 Å². The summed E-state index contributed by atoms with van der Waals surface area (Å²) in [5.74, 6) is -0.512. The van der Waals surface area contributed by atoms with Gasteiger partial charge in [-0.1, -0.05) is 36.4 Å². The van der Waals surface area contributed by atoms with Crippen molar-refractivity contribution in [1.29, 1.82) is 0 Å². The fourth-order valence-corrected chi connectivity index (χ4v) is 1.71. The quantitative estimate of drug-likeness (QED) is 0.894. The largest absolute Gasteiger partial charge is 0.341 e. The monoisotopic (exact) mass is 268 g/mol. The molecular formula is C16H16N2O2. The van der Waals surface area contributed by atoms with Gasteiger partial charge in [-0.3, -0.25) is 9.59 Å². The maximum Gasteiger partial charge on any atom is 0.251 e. The Balaban J connectivity index is 1.93. The fourth-order valence-electron chi connectivity index (χ4n) is 1.71. The molecule has 2 N–H and O–H groups in total. The molecule has 102 valence electrons. The number of hydrogen-bond acceptors (Lipinski definition) is 2. The van der Waals surface area contributed by atoms with Crippen LogP contribution in [0.1, 0.15) is 17.3 Å². The highest BCUT2D eigenvalue weighted by molar-refractivity contribution is 6.00. The smallest absolute Gasteiger partial charge is 0.251 e. The van der Waals surface area contributed by atoms with E-state index < -0.39 is 6.04 Å². The number of rotatable bonds is 4. The number of nitrogens with one attached hydrogen (secondary N) is 2. The third-order valence-electron chi connectivity index (χ3n) is 2.82. The van der Waals surface area contributed by atoms with Crippen LogP contribution >= 0.6 is 0 Å². The highest BCUT2D eigenvalue weighted by Crippen LogP contribution is 2.06. The Morgan fingerprint density at radius 2 is 1.45 bits per heavy atom. The van der Waals surface area contributed by atoms with Crippen molar-refractivity contribution < 1.29 is 9.59 Å². The topological polar surface area (TPSA) is 58.2 Å². The maximum atomic E-state index is 12.0. The summed E-state index contributed by atoms with van der Waals surface area (Å²) in [7, 11) is 0. The summed E-state index contributed by atoms with van der Waals surface area (Å²) in [6.07, 6.45) is 0. The van der Waals surface area contributed by atoms with Crippen LogP contribution in [0.2, 0.25) is 0 Å². The van der Waals surface area contributed by atoms with E-state index in [0.29, 0.717) is 11.3 Å². The summed E-state index contributed by atoms with van der Waals surface area (Å²) in [6.45, 7) is 1.65. The summed E-state index contributed by atoms with van der Waals surface area (Å²) in [5, 5.41) is 5.41. The highest BCUT2D eigenvalue weighted by atomic mass is 16.2. The van der Waals surface area contributed by atoms with Crippen LogP contribution in [0.15, 0.2) is 60.7 Å². The van der Waals surface area contributed by atoms with Crippen molar-refractivity contribution >= 4 is 17.5 Å². The first-order valence-corrected chi connectivity index (χ1v) is 6.38. The average Bonchev–Trinajstić information content (AvgIpc) is 2.49. The molecule has 0 spiro atoms. The molecule has 0 heterocycles. The Bertz CT molecular complexity index is 582. The SMILES string of the molecule is C[C@@H](NC(=O)c1ccccc1)C(=O)Nc1ccccc1. The number of amides is 2. The molecule has 0 aliphatic heterocycles. The first kappa shape index (κ1) is 13.8. The molecule has 2 aromatic carbocycles. The summed E-state index contributed by atoms with van der Waals surface area (Å²) < 4.78 is 0. The second-order valence-corrected chi connectivity index (χ2v) is 4.42. The number of carbonyl (C=O) groups is 2. The van der Waals surface area contributed by atoms with Gasteiger partial charge in [-0.15, -0.1) is 0 Å². The minimum atomic E-state index is -0.608. The first-order chi connectivity index (χ1) is 9.66. The van der Waals surface area contributed by atoms with E-state index in [4.69, 9.17) is 0 Å². The molecule has 0 radical (unpaired) electrons. The molecule has 2 amide bonds. The molecule has 4 nitrogen and oxygen atoms in total. The third-order valence-corrected chi connectivity index (χ3v) is 2.82. The van der Waals surface area contributed by atoms with E-state index in [0.717, 1.165) is 0 Å². The van der Waals surface area contributed by atoms with Crippen molar-refractivity contribution in [1.82, 2.24) is 5.32 Å². The predicted molar refractivity (Wildman–Crippen MR) is 78.4 cm³/mol. The molecule has 0 bridgehead atoms. The van der Waals surface area contributed by atoms with E-state index in [9.17, 15) is 9.59 Å². The van der Waals surface area contributed by atoms with Crippen LogP contribution in [0.5, 0.6) is 0 Å². The van der Waals surface area contributed by atoms with Crippen LogP contribution in [0.3, 0.4) is 0 Å². The number of hydrogen-bond donors (Lipinski definition) is 2. The zero-order valence-corrected chi connectivity index (χ0v) is 11.2. The van der Waals surface area contributed by atoms with Gasteiger partial charge in [-0.2, -0.15) is 0 Å². The van der Waals surface area contributed by atoms with Crippen molar-refractivity contribution in [3.05, 3.63) is 66.2 Å². The molecule has 4 heteroatoms. The maximum absolute atomic E-state index is 12.0. The molecule has 0 saturated carbocycles. The second-order valence-electron chi connectivity index (χ2n) is 4.42. The van der Waals surface area contributed by atoms with Gasteiger partial charge in [0, 0.05) is 11.3 Å². The van der Waals surface area contributed by atoms with Gasteiger partial charge in [-0.25, -0.2) is 0 Å². The van der Waals surface area contributed by atoms with E-state index in [-0.39, 0.29) is 11.8 Å². The lowest BCUT2D eigenvalue weighted by Crippen LogP contribution is -2.41. The van der Waals surface area contributed by atoms with Crippen molar-refractivity contribution in [2.24, 2.45) is 0 Å². The fraction of sp³-hybridized carbons (Fsp3) is 0.125. The third kappa shape index (κ3) is 3.68. The molecule has 2 rings (SSSR count). The highest BCUT2D eigenvalue weighted by Gasteiger charge is 2.16. The molecule has 0 saturated heterocycles. The summed E-state index contributed by atoms with van der Waals surface area (Å²) in [5.41, 5.74) is 1.24. The van der Waals surface area contributed by atoms with Gasteiger partial charge in [0.1, 0.15) is 6.04 Å². The minimum absolute atomic E-state index is 0.250. The number of anilines is 1. The van der Waals surface area contributed by atoms with Crippen LogP contribution in [0.25, 0.3) is 0 Å². The Labute approximate surface area is 117 Å². The van der Waals surface area contributed by atoms with Gasteiger partial charge < -0.3 is 10.6 Å². The van der Waals surface area contributed by atoms with Gasteiger partial charge in [-0.05, 0) is 31.2 Å². The summed E-state index contributed by atoms with van der Waals surface area (Å²) >= 11 is 0. The van der Waals surface area contributed by atoms with Crippen LogP contribution in [0.4, 0.5) is 5.69 Å². The Morgan fingerprint density at radius 3 is 2.05 bits per heavy atom. The summed E-state index contributed by atoms with van der Waals surface area (Å²) in [4.78, 5) is 23.9. The molecule has 0 aromatic heterocycles. The van der Waals surface area contributed by atoms with Crippen molar-refractivity contribution in [2.75, 3.05) is 5.32 Å². The van der Waals surface area contributed by atoms with E-state index in [2.05, 4.69) is 10.6 Å².